The number of ether oxygens (including phenoxy) is 2. The molecule has 6 nitrogen and oxygen atoms in total. The van der Waals surface area contributed by atoms with Crippen LogP contribution in [0.3, 0.4) is 0 Å². The summed E-state index contributed by atoms with van der Waals surface area (Å²) in [6.07, 6.45) is -0.298. The van der Waals surface area contributed by atoms with Crippen molar-refractivity contribution in [2.45, 2.75) is 39.8 Å². The van der Waals surface area contributed by atoms with Crippen LogP contribution in [0.25, 0.3) is 0 Å². The number of hydrogen-bond donors (Lipinski definition) is 2. The first-order valence-electron chi connectivity index (χ1n) is 7.81. The van der Waals surface area contributed by atoms with Gasteiger partial charge in [-0.2, -0.15) is 0 Å². The lowest BCUT2D eigenvalue weighted by atomic mass is 10.2. The molecule has 0 unspecified atom stereocenters. The first-order chi connectivity index (χ1) is 10.8. The van der Waals surface area contributed by atoms with Gasteiger partial charge >= 0.3 is 6.09 Å². The van der Waals surface area contributed by atoms with Crippen molar-refractivity contribution in [3.8, 4) is 11.5 Å². The third-order valence-electron chi connectivity index (χ3n) is 3.17. The van der Waals surface area contributed by atoms with E-state index in [1.165, 1.54) is 7.11 Å². The topological polar surface area (TPSA) is 71.0 Å². The summed E-state index contributed by atoms with van der Waals surface area (Å²) in [5.41, 5.74) is 0.514. The zero-order valence-corrected chi connectivity index (χ0v) is 14.7. The van der Waals surface area contributed by atoms with Gasteiger partial charge in [0.25, 0.3) is 0 Å². The number of nitrogens with one attached hydrogen (secondary N) is 1. The fourth-order valence-corrected chi connectivity index (χ4v) is 1.98. The van der Waals surface area contributed by atoms with E-state index >= 15 is 0 Å². The van der Waals surface area contributed by atoms with Crippen molar-refractivity contribution >= 4 is 6.09 Å². The zero-order chi connectivity index (χ0) is 17.5. The fourth-order valence-electron chi connectivity index (χ4n) is 1.98. The summed E-state index contributed by atoms with van der Waals surface area (Å²) in [4.78, 5) is 13.7. The largest absolute Gasteiger partial charge is 0.504 e. The molecule has 0 aliphatic carbocycles. The van der Waals surface area contributed by atoms with E-state index in [0.29, 0.717) is 31.9 Å². The Bertz CT molecular complexity index is 512. The number of carbonyl (C=O) groups excluding carboxylic acids is 1. The minimum atomic E-state index is -0.486. The predicted molar refractivity (Wildman–Crippen MR) is 89.8 cm³/mol. The Morgan fingerprint density at radius 2 is 2.04 bits per heavy atom. The van der Waals surface area contributed by atoms with Gasteiger partial charge in [-0.15, -0.1) is 0 Å². The van der Waals surface area contributed by atoms with Crippen molar-refractivity contribution in [2.24, 2.45) is 0 Å². The third-order valence-corrected chi connectivity index (χ3v) is 3.17. The Labute approximate surface area is 138 Å². The van der Waals surface area contributed by atoms with Crippen LogP contribution in [0.1, 0.15) is 33.3 Å². The van der Waals surface area contributed by atoms with Gasteiger partial charge in [0.05, 0.1) is 7.11 Å². The van der Waals surface area contributed by atoms with Crippen LogP contribution in [0.4, 0.5) is 4.79 Å². The number of amides is 1. The Balaban J connectivity index is 2.42. The quantitative estimate of drug-likeness (QED) is 0.755. The van der Waals surface area contributed by atoms with Gasteiger partial charge in [0.2, 0.25) is 0 Å². The van der Waals surface area contributed by atoms with Gasteiger partial charge in [-0.1, -0.05) is 6.07 Å². The standard InChI is InChI=1S/C17H28N2O4/c1-6-19(16(21)23-17(2,3)4)10-9-18-12-13-7-8-14(20)15(11-13)22-5/h7-8,11,18,20H,6,9-10,12H2,1-5H3. The van der Waals surface area contributed by atoms with Crippen LogP contribution in [-0.4, -0.2) is 48.4 Å². The summed E-state index contributed by atoms with van der Waals surface area (Å²) in [6, 6.07) is 5.22. The van der Waals surface area contributed by atoms with Crippen LogP contribution >= 0.6 is 0 Å². The van der Waals surface area contributed by atoms with Crippen LogP contribution in [0.15, 0.2) is 18.2 Å². The molecule has 0 radical (unpaired) electrons. The monoisotopic (exact) mass is 324 g/mol. The molecule has 0 atom stereocenters. The van der Waals surface area contributed by atoms with E-state index in [9.17, 15) is 9.90 Å². The molecule has 1 amide bonds. The molecule has 0 saturated heterocycles. The van der Waals surface area contributed by atoms with Crippen molar-refractivity contribution < 1.29 is 19.4 Å². The second-order valence-corrected chi connectivity index (χ2v) is 6.24. The summed E-state index contributed by atoms with van der Waals surface area (Å²) in [7, 11) is 1.52. The maximum Gasteiger partial charge on any atom is 0.410 e. The van der Waals surface area contributed by atoms with Gasteiger partial charge in [-0.05, 0) is 45.4 Å². The van der Waals surface area contributed by atoms with Gasteiger partial charge in [-0.25, -0.2) is 4.79 Å². The first kappa shape index (κ1) is 19.1. The highest BCUT2D eigenvalue weighted by Crippen LogP contribution is 2.26. The number of methoxy groups -OCH3 is 1. The summed E-state index contributed by atoms with van der Waals surface area (Å²) < 4.78 is 10.4. The molecule has 0 spiro atoms. The average molecular weight is 324 g/mol. The molecule has 0 fully saturated rings. The predicted octanol–water partition coefficient (Wildman–Crippen LogP) is 2.75. The summed E-state index contributed by atoms with van der Waals surface area (Å²) in [6.45, 7) is 9.94. The van der Waals surface area contributed by atoms with Crippen LogP contribution in [0, 0.1) is 0 Å². The maximum absolute atomic E-state index is 12.0. The van der Waals surface area contributed by atoms with Gasteiger partial charge in [0.15, 0.2) is 11.5 Å². The molecule has 0 aromatic heterocycles. The van der Waals surface area contributed by atoms with Crippen molar-refractivity contribution in [3.63, 3.8) is 0 Å². The molecule has 130 valence electrons. The second kappa shape index (κ2) is 8.62. The van der Waals surface area contributed by atoms with E-state index < -0.39 is 5.60 Å². The minimum absolute atomic E-state index is 0.123. The average Bonchev–Trinajstić information content (AvgIpc) is 2.46. The van der Waals surface area contributed by atoms with Crippen LogP contribution in [0.2, 0.25) is 0 Å². The second-order valence-electron chi connectivity index (χ2n) is 6.24. The SMILES string of the molecule is CCN(CCNCc1ccc(O)c(OC)c1)C(=O)OC(C)(C)C. The molecule has 0 saturated carbocycles. The van der Waals surface area contributed by atoms with Gasteiger partial charge < -0.3 is 24.8 Å². The first-order valence-corrected chi connectivity index (χ1v) is 7.81. The number of hydrogen-bond acceptors (Lipinski definition) is 5. The Hall–Kier alpha value is -1.95. The number of benzene rings is 1. The van der Waals surface area contributed by atoms with E-state index in [1.54, 1.807) is 17.0 Å². The van der Waals surface area contributed by atoms with E-state index in [-0.39, 0.29) is 11.8 Å². The highest BCUT2D eigenvalue weighted by molar-refractivity contribution is 5.68. The molecule has 2 N–H and O–H groups in total. The lowest BCUT2D eigenvalue weighted by Crippen LogP contribution is -2.40. The highest BCUT2D eigenvalue weighted by Gasteiger charge is 2.20. The number of aromatic hydroxyl groups is 1. The number of phenols is 1. The normalized spacial score (nSPS) is 11.2. The fraction of sp³-hybridized carbons (Fsp3) is 0.588. The smallest absolute Gasteiger partial charge is 0.410 e. The molecular weight excluding hydrogens is 296 g/mol. The molecule has 1 rings (SSSR count). The maximum atomic E-state index is 12.0. The van der Waals surface area contributed by atoms with Gasteiger partial charge in [0.1, 0.15) is 5.60 Å². The molecule has 1 aromatic carbocycles. The molecule has 0 bridgehead atoms. The molecule has 0 heterocycles. The number of likely N-dealkylation sites (N-methyl/N-ethyl adjacent to an activating group) is 1. The summed E-state index contributed by atoms with van der Waals surface area (Å²) in [5, 5.41) is 12.8. The van der Waals surface area contributed by atoms with Crippen molar-refractivity contribution in [2.75, 3.05) is 26.7 Å². The number of nitrogens with zero attached hydrogens (tertiary/aromatic N) is 1. The van der Waals surface area contributed by atoms with E-state index in [2.05, 4.69) is 5.32 Å². The lowest BCUT2D eigenvalue weighted by molar-refractivity contribution is 0.0262. The van der Waals surface area contributed by atoms with E-state index in [1.807, 2.05) is 33.8 Å². The van der Waals surface area contributed by atoms with E-state index in [4.69, 9.17) is 9.47 Å². The van der Waals surface area contributed by atoms with Crippen LogP contribution < -0.4 is 10.1 Å². The Kier molecular flexibility index (Phi) is 7.16. The molecule has 1 aromatic rings. The third kappa shape index (κ3) is 6.78. The van der Waals surface area contributed by atoms with Crippen molar-refractivity contribution in [1.29, 1.82) is 0 Å². The Morgan fingerprint density at radius 1 is 1.35 bits per heavy atom. The number of phenolic OH excluding ortho intramolecular Hbond substituents is 1. The number of rotatable bonds is 7. The highest BCUT2D eigenvalue weighted by atomic mass is 16.6. The zero-order valence-electron chi connectivity index (χ0n) is 14.7. The molecule has 23 heavy (non-hydrogen) atoms. The summed E-state index contributed by atoms with van der Waals surface area (Å²) >= 11 is 0. The van der Waals surface area contributed by atoms with E-state index in [0.717, 1.165) is 5.56 Å². The van der Waals surface area contributed by atoms with Crippen LogP contribution in [0.5, 0.6) is 11.5 Å². The molecule has 6 heteroatoms. The van der Waals surface area contributed by atoms with Gasteiger partial charge in [-0.3, -0.25) is 0 Å². The lowest BCUT2D eigenvalue weighted by Gasteiger charge is -2.26. The minimum Gasteiger partial charge on any atom is -0.504 e. The van der Waals surface area contributed by atoms with Crippen molar-refractivity contribution in [3.05, 3.63) is 23.8 Å². The Morgan fingerprint density at radius 3 is 2.61 bits per heavy atom. The molecule has 0 aliphatic rings. The molecule has 0 aliphatic heterocycles. The van der Waals surface area contributed by atoms with Crippen molar-refractivity contribution in [1.82, 2.24) is 10.2 Å². The van der Waals surface area contributed by atoms with Crippen LogP contribution in [-0.2, 0) is 11.3 Å². The molecular formula is C17H28N2O4. The summed E-state index contributed by atoms with van der Waals surface area (Å²) in [5.74, 6) is 0.576. The number of carbonyl (C=O) groups is 1. The van der Waals surface area contributed by atoms with Gasteiger partial charge in [0, 0.05) is 26.2 Å².